The van der Waals surface area contributed by atoms with E-state index in [1.54, 1.807) is 6.08 Å². The molecular formula is C66H121NO27. The van der Waals surface area contributed by atoms with Gasteiger partial charge in [0.15, 0.2) is 31.5 Å². The molecular weight excluding hydrogens is 1240 g/mol. The van der Waals surface area contributed by atoms with Crippen LogP contribution < -0.4 is 5.32 Å². The minimum Gasteiger partial charge on any atom is -0.394 e. The Labute approximate surface area is 554 Å². The van der Waals surface area contributed by atoms with Crippen molar-refractivity contribution in [2.75, 3.05) is 39.6 Å². The van der Waals surface area contributed by atoms with Crippen LogP contribution in [0.1, 0.15) is 188 Å². The molecule has 5 aliphatic heterocycles. The molecule has 0 aromatic heterocycles. The van der Waals surface area contributed by atoms with Gasteiger partial charge < -0.3 is 134 Å². The fourth-order valence-electron chi connectivity index (χ4n) is 13.0. The minimum absolute atomic E-state index is 0.194. The molecule has 94 heavy (non-hydrogen) atoms. The lowest BCUT2D eigenvalue weighted by molar-refractivity contribution is -0.396. The Kier molecular flexibility index (Phi) is 39.2. The molecule has 0 aromatic rings. The summed E-state index contributed by atoms with van der Waals surface area (Å²) >= 11 is 0. The third-order valence-corrected chi connectivity index (χ3v) is 19.1. The zero-order valence-corrected chi connectivity index (χ0v) is 55.9. The van der Waals surface area contributed by atoms with Crippen molar-refractivity contribution in [3.63, 3.8) is 0 Å². The Morgan fingerprint density at radius 2 is 0.947 bits per heavy atom. The quantitative estimate of drug-likeness (QED) is 0.0286. The van der Waals surface area contributed by atoms with Gasteiger partial charge in [-0.15, -0.1) is 0 Å². The fraction of sp³-hybridized carbons (Fsp3) is 0.955. The van der Waals surface area contributed by atoms with Crippen molar-refractivity contribution in [3.8, 4) is 0 Å². The Morgan fingerprint density at radius 1 is 0.479 bits per heavy atom. The van der Waals surface area contributed by atoms with Crippen molar-refractivity contribution >= 4 is 5.91 Å². The fourth-order valence-corrected chi connectivity index (χ4v) is 13.0. The van der Waals surface area contributed by atoms with Gasteiger partial charge >= 0.3 is 0 Å². The largest absolute Gasteiger partial charge is 0.394 e. The number of nitrogens with one attached hydrogen (secondary N) is 1. The maximum absolute atomic E-state index is 13.5. The minimum atomic E-state index is -2.10. The molecule has 5 rings (SSSR count). The molecule has 1 amide bonds. The Morgan fingerprint density at radius 3 is 1.51 bits per heavy atom. The van der Waals surface area contributed by atoms with E-state index in [2.05, 4.69) is 19.2 Å². The molecule has 5 heterocycles. The van der Waals surface area contributed by atoms with E-state index in [0.29, 0.717) is 12.8 Å². The number of aliphatic hydroxyl groups excluding tert-OH is 16. The van der Waals surface area contributed by atoms with Gasteiger partial charge in [-0.05, 0) is 19.3 Å². The molecule has 28 nitrogen and oxygen atoms in total. The monoisotopic (exact) mass is 1360 g/mol. The number of rotatable bonds is 45. The zero-order valence-electron chi connectivity index (χ0n) is 55.9. The Hall–Kier alpha value is -1.83. The van der Waals surface area contributed by atoms with Crippen LogP contribution in [0.4, 0.5) is 0 Å². The van der Waals surface area contributed by atoms with Crippen LogP contribution in [0.5, 0.6) is 0 Å². The van der Waals surface area contributed by atoms with Crippen molar-refractivity contribution in [1.29, 1.82) is 0 Å². The van der Waals surface area contributed by atoms with E-state index in [0.717, 1.165) is 44.9 Å². The number of aliphatic hydroxyl groups is 16. The molecule has 0 aliphatic carbocycles. The van der Waals surface area contributed by atoms with Crippen molar-refractivity contribution in [1.82, 2.24) is 5.32 Å². The normalized spacial score (nSPS) is 37.1. The lowest BCUT2D eigenvalue weighted by atomic mass is 9.87. The van der Waals surface area contributed by atoms with Crippen molar-refractivity contribution in [3.05, 3.63) is 12.2 Å². The molecule has 0 bridgehead atoms. The molecule has 5 fully saturated rings. The second kappa shape index (κ2) is 44.4. The molecule has 28 atom stereocenters. The van der Waals surface area contributed by atoms with Gasteiger partial charge in [0.25, 0.3) is 0 Å². The number of hydrogen-bond donors (Lipinski definition) is 17. The van der Waals surface area contributed by atoms with Gasteiger partial charge in [-0.1, -0.05) is 168 Å². The first kappa shape index (κ1) is 82.8. The molecule has 5 aliphatic rings. The van der Waals surface area contributed by atoms with Crippen molar-refractivity contribution in [2.45, 2.75) is 348 Å². The van der Waals surface area contributed by atoms with Gasteiger partial charge in [-0.2, -0.15) is 0 Å². The summed E-state index contributed by atoms with van der Waals surface area (Å²) in [5, 5.41) is 178. The first-order chi connectivity index (χ1) is 45.2. The van der Waals surface area contributed by atoms with Gasteiger partial charge in [0.05, 0.1) is 70.1 Å². The highest BCUT2D eigenvalue weighted by atomic mass is 16.8. The Balaban J connectivity index is 1.31. The highest BCUT2D eigenvalue weighted by Crippen LogP contribution is 2.39. The number of hydrogen-bond acceptors (Lipinski definition) is 27. The maximum Gasteiger partial charge on any atom is 0.220 e. The van der Waals surface area contributed by atoms with Crippen molar-refractivity contribution < 1.29 is 134 Å². The topological polar surface area (TPSA) is 445 Å². The van der Waals surface area contributed by atoms with Crippen LogP contribution in [0.15, 0.2) is 12.2 Å². The summed E-state index contributed by atoms with van der Waals surface area (Å²) in [6.45, 7) is 2.50. The molecule has 0 saturated carbocycles. The molecule has 0 spiro atoms. The van der Waals surface area contributed by atoms with Gasteiger partial charge in [-0.25, -0.2) is 0 Å². The maximum atomic E-state index is 13.5. The highest BCUT2D eigenvalue weighted by Gasteiger charge is 2.57. The summed E-state index contributed by atoms with van der Waals surface area (Å²) in [6.07, 6.45) is -13.3. The molecule has 28 heteroatoms. The third kappa shape index (κ3) is 25.1. The predicted octanol–water partition coefficient (Wildman–Crippen LogP) is 0.205. The number of unbranched alkanes of at least 4 members (excludes halogenated alkanes) is 21. The van der Waals surface area contributed by atoms with Crippen molar-refractivity contribution in [2.24, 2.45) is 11.8 Å². The third-order valence-electron chi connectivity index (χ3n) is 19.1. The summed E-state index contributed by atoms with van der Waals surface area (Å²) in [5.41, 5.74) is 0. The van der Waals surface area contributed by atoms with Gasteiger partial charge in [0.2, 0.25) is 5.91 Å². The zero-order chi connectivity index (χ0) is 68.9. The SMILES string of the molecule is CCCCCCCCCCCCC/C=C/[C@@H](O)[C@H](CO[C@@H]1OC(CO)[C@@H](O[C@@H]2OC(CO)[C@H](O[C@@H]3OC(CO)[C@H](O)[C@H](O[C@@H]4OC(CO)[C@H](O)[C@H](O)C4O)C3C)[C@H](OC3C[C@@H](O)[C@@H](C)C([C@H](O)[C@H](O)CO)O3)C2O)[C@H](O)C1O)NC(=O)CCCCCCCCCCCCC. The number of amides is 1. The lowest BCUT2D eigenvalue weighted by Crippen LogP contribution is -2.67. The van der Waals surface area contributed by atoms with Crippen LogP contribution in [0, 0.1) is 11.8 Å². The van der Waals surface area contributed by atoms with Crippen LogP contribution in [-0.2, 0) is 52.2 Å². The van der Waals surface area contributed by atoms with Crippen LogP contribution in [0.25, 0.3) is 0 Å². The summed E-state index contributed by atoms with van der Waals surface area (Å²) in [4.78, 5) is 13.5. The summed E-state index contributed by atoms with van der Waals surface area (Å²) < 4.78 is 60.7. The average Bonchev–Trinajstić information content (AvgIpc) is 0.776. The second-order valence-corrected chi connectivity index (χ2v) is 26.6. The Bertz CT molecular complexity index is 2020. The number of ether oxygens (including phenoxy) is 10. The highest BCUT2D eigenvalue weighted by molar-refractivity contribution is 5.76. The van der Waals surface area contributed by atoms with Crippen LogP contribution in [-0.4, -0.2) is 287 Å². The molecule has 5 saturated heterocycles. The van der Waals surface area contributed by atoms with Crippen LogP contribution in [0.3, 0.4) is 0 Å². The first-order valence-electron chi connectivity index (χ1n) is 35.2. The molecule has 0 aromatic carbocycles. The summed E-state index contributed by atoms with van der Waals surface area (Å²) in [5.74, 6) is -2.36. The van der Waals surface area contributed by atoms with E-state index in [1.807, 2.05) is 6.08 Å². The van der Waals surface area contributed by atoms with E-state index in [1.165, 1.54) is 104 Å². The van der Waals surface area contributed by atoms with E-state index in [4.69, 9.17) is 47.4 Å². The lowest BCUT2D eigenvalue weighted by Gasteiger charge is -2.51. The predicted molar refractivity (Wildman–Crippen MR) is 336 cm³/mol. The van der Waals surface area contributed by atoms with Crippen LogP contribution in [0.2, 0.25) is 0 Å². The average molecular weight is 1360 g/mol. The van der Waals surface area contributed by atoms with E-state index in [-0.39, 0.29) is 18.7 Å². The number of carbonyl (C=O) groups is 1. The van der Waals surface area contributed by atoms with E-state index >= 15 is 0 Å². The molecule has 17 N–H and O–H groups in total. The van der Waals surface area contributed by atoms with Gasteiger partial charge in [0, 0.05) is 24.7 Å². The molecule has 0 radical (unpaired) electrons. The molecule has 552 valence electrons. The first-order valence-corrected chi connectivity index (χ1v) is 35.2. The van der Waals surface area contributed by atoms with Gasteiger partial charge in [0.1, 0.15) is 97.7 Å². The summed E-state index contributed by atoms with van der Waals surface area (Å²) in [6, 6.07) is -1.05. The standard InChI is InChI=1S/C66H121NO27/c1-5-7-9-11-13-15-17-18-20-21-23-25-27-29-41(73)40(67-48(76)30-28-26-24-22-19-16-14-12-10-8-6-2)37-85-64-56(83)54(81)60(46(35-71)88-64)93-66-57(84)62(91-49-31-42(74)38(3)58(90-49)50(77)43(75)32-68)61(47(36-72)89-66)94-63-39(4)59(52(79)45(34-70)86-63)92-65-55(82)53(80)51(78)44(33-69)87-65/h27,29,38-47,49-66,68-75,77-84H,5-26,28,30-37H2,1-4H3,(H,67,76)/b29-27+/t38-,39?,40+,41-,42-,43-,44?,45?,46?,47?,49?,50-,51+,52+,53+,54-,55?,56?,57?,58?,59-,60-,61+,62-,63+,64-,65+,66+/m1/s1. The molecule has 10 unspecified atom stereocenters. The second-order valence-electron chi connectivity index (χ2n) is 26.6. The number of allylic oxidation sites excluding steroid dienone is 1. The van der Waals surface area contributed by atoms with Gasteiger partial charge in [-0.3, -0.25) is 4.79 Å². The van der Waals surface area contributed by atoms with E-state index in [9.17, 15) is 86.5 Å². The van der Waals surface area contributed by atoms with E-state index < -0.39 is 211 Å². The number of carbonyl (C=O) groups excluding carboxylic acids is 1. The van der Waals surface area contributed by atoms with Crippen LogP contribution >= 0.6 is 0 Å². The smallest absolute Gasteiger partial charge is 0.220 e. The summed E-state index contributed by atoms with van der Waals surface area (Å²) in [7, 11) is 0.